The van der Waals surface area contributed by atoms with E-state index in [0.29, 0.717) is 11.5 Å². The van der Waals surface area contributed by atoms with Gasteiger partial charge in [0.15, 0.2) is 5.82 Å². The molecule has 1 saturated heterocycles. The Hall–Kier alpha value is -2.51. The minimum atomic E-state index is -0.176. The first-order valence-electron chi connectivity index (χ1n) is 9.35. The van der Waals surface area contributed by atoms with Crippen LogP contribution in [0, 0.1) is 6.92 Å². The summed E-state index contributed by atoms with van der Waals surface area (Å²) in [6, 6.07) is 11.9. The number of anilines is 1. The van der Waals surface area contributed by atoms with Crippen molar-refractivity contribution >= 4 is 17.4 Å². The Morgan fingerprint density at radius 3 is 2.61 bits per heavy atom. The third-order valence-corrected chi connectivity index (χ3v) is 5.56. The van der Waals surface area contributed by atoms with Crippen molar-refractivity contribution in [1.29, 1.82) is 0 Å². The monoisotopic (exact) mass is 398 g/mol. The topological polar surface area (TPSA) is 79.8 Å². The molecule has 1 aromatic carbocycles. The predicted molar refractivity (Wildman–Crippen MR) is 108 cm³/mol. The summed E-state index contributed by atoms with van der Waals surface area (Å²) in [5.41, 5.74) is 1.69. The van der Waals surface area contributed by atoms with Crippen molar-refractivity contribution in [3.63, 3.8) is 0 Å². The van der Waals surface area contributed by atoms with E-state index in [9.17, 15) is 0 Å². The second kappa shape index (κ2) is 7.85. The van der Waals surface area contributed by atoms with Crippen molar-refractivity contribution in [2.24, 2.45) is 0 Å². The van der Waals surface area contributed by atoms with Gasteiger partial charge in [0.05, 0.1) is 5.60 Å². The summed E-state index contributed by atoms with van der Waals surface area (Å²) in [5.74, 6) is 2.19. The van der Waals surface area contributed by atoms with E-state index in [1.54, 1.807) is 7.11 Å². The molecule has 0 spiro atoms. The van der Waals surface area contributed by atoms with Crippen molar-refractivity contribution < 1.29 is 4.74 Å². The van der Waals surface area contributed by atoms with Crippen molar-refractivity contribution in [2.45, 2.75) is 31.8 Å². The van der Waals surface area contributed by atoms with Crippen molar-refractivity contribution in [3.8, 4) is 11.5 Å². The molecule has 1 fully saturated rings. The van der Waals surface area contributed by atoms with Crippen LogP contribution in [0.1, 0.15) is 24.2 Å². The summed E-state index contributed by atoms with van der Waals surface area (Å²) >= 11 is 6.14. The van der Waals surface area contributed by atoms with Crippen LogP contribution < -0.4 is 4.90 Å². The summed E-state index contributed by atoms with van der Waals surface area (Å²) in [6.07, 6.45) is 2.69. The molecule has 2 aromatic heterocycles. The van der Waals surface area contributed by atoms with Gasteiger partial charge in [0.1, 0.15) is 11.5 Å². The lowest BCUT2D eigenvalue weighted by Gasteiger charge is -2.41. The Morgan fingerprint density at radius 2 is 2.00 bits per heavy atom. The van der Waals surface area contributed by atoms with E-state index in [-0.39, 0.29) is 5.60 Å². The first kappa shape index (κ1) is 18.8. The Morgan fingerprint density at radius 1 is 1.18 bits per heavy atom. The fourth-order valence-corrected chi connectivity index (χ4v) is 3.90. The van der Waals surface area contributed by atoms with Crippen molar-refractivity contribution in [1.82, 2.24) is 25.4 Å². The molecule has 1 N–H and O–H groups in total. The number of aromatic nitrogens is 5. The third-order valence-electron chi connectivity index (χ3n) is 5.32. The molecule has 0 atom stereocenters. The molecular formula is C20H23ClN6O. The van der Waals surface area contributed by atoms with Gasteiger partial charge in [0.25, 0.3) is 0 Å². The molecule has 0 unspecified atom stereocenters. The molecule has 146 valence electrons. The zero-order chi connectivity index (χ0) is 19.6. The standard InChI is InChI=1S/C20H23ClN6O/c1-14-22-19(26-23-14)17-6-7-18(25-24-17)27-10-8-20(28-2,9-11-27)13-15-4-3-5-16(21)12-15/h3-7,12H,8-11,13H2,1-2H3,(H,22,23,26). The van der Waals surface area contributed by atoms with Gasteiger partial charge in [-0.15, -0.1) is 10.2 Å². The second-order valence-electron chi connectivity index (χ2n) is 7.20. The van der Waals surface area contributed by atoms with Gasteiger partial charge in [-0.2, -0.15) is 5.10 Å². The third kappa shape index (κ3) is 4.00. The Bertz CT molecular complexity index is 934. The quantitative estimate of drug-likeness (QED) is 0.709. The van der Waals surface area contributed by atoms with E-state index in [2.05, 4.69) is 36.3 Å². The maximum absolute atomic E-state index is 6.14. The van der Waals surface area contributed by atoms with Crippen LogP contribution in [-0.2, 0) is 11.2 Å². The fraction of sp³-hybridized carbons (Fsp3) is 0.400. The summed E-state index contributed by atoms with van der Waals surface area (Å²) in [4.78, 5) is 6.54. The number of benzene rings is 1. The highest BCUT2D eigenvalue weighted by atomic mass is 35.5. The number of nitrogens with zero attached hydrogens (tertiary/aromatic N) is 5. The molecule has 4 rings (SSSR count). The molecule has 1 aliphatic heterocycles. The number of methoxy groups -OCH3 is 1. The van der Waals surface area contributed by atoms with Crippen LogP contribution >= 0.6 is 11.6 Å². The van der Waals surface area contributed by atoms with Crippen LogP contribution in [0.3, 0.4) is 0 Å². The number of H-pyrrole nitrogens is 1. The highest BCUT2D eigenvalue weighted by molar-refractivity contribution is 6.30. The van der Waals surface area contributed by atoms with Gasteiger partial charge < -0.3 is 9.64 Å². The van der Waals surface area contributed by atoms with Crippen LogP contribution in [0.2, 0.25) is 5.02 Å². The zero-order valence-corrected chi connectivity index (χ0v) is 16.8. The van der Waals surface area contributed by atoms with Crippen LogP contribution in [0.5, 0.6) is 0 Å². The molecule has 0 radical (unpaired) electrons. The van der Waals surface area contributed by atoms with E-state index >= 15 is 0 Å². The van der Waals surface area contributed by atoms with Crippen molar-refractivity contribution in [2.75, 3.05) is 25.1 Å². The predicted octanol–water partition coefficient (Wildman–Crippen LogP) is 3.45. The molecule has 3 aromatic rings. The molecule has 7 nitrogen and oxygen atoms in total. The maximum Gasteiger partial charge on any atom is 0.201 e. The molecular weight excluding hydrogens is 376 g/mol. The van der Waals surface area contributed by atoms with Crippen LogP contribution in [-0.4, -0.2) is 51.2 Å². The number of nitrogens with one attached hydrogen (secondary N) is 1. The number of hydrogen-bond donors (Lipinski definition) is 1. The van der Waals surface area contributed by atoms with Gasteiger partial charge in [0.2, 0.25) is 5.82 Å². The average Bonchev–Trinajstić information content (AvgIpc) is 3.15. The van der Waals surface area contributed by atoms with Crippen LogP contribution in [0.4, 0.5) is 5.82 Å². The number of ether oxygens (including phenoxy) is 1. The number of rotatable bonds is 5. The number of aryl methyl sites for hydroxylation is 1. The molecule has 1 aliphatic rings. The lowest BCUT2D eigenvalue weighted by molar-refractivity contribution is -0.0290. The Balaban J connectivity index is 1.42. The highest BCUT2D eigenvalue weighted by Gasteiger charge is 2.35. The Labute approximate surface area is 169 Å². The highest BCUT2D eigenvalue weighted by Crippen LogP contribution is 2.32. The van der Waals surface area contributed by atoms with Gasteiger partial charge in [-0.3, -0.25) is 5.10 Å². The minimum absolute atomic E-state index is 0.176. The summed E-state index contributed by atoms with van der Waals surface area (Å²) in [6.45, 7) is 3.59. The molecule has 0 saturated carbocycles. The van der Waals surface area contributed by atoms with Crippen molar-refractivity contribution in [3.05, 3.63) is 52.8 Å². The minimum Gasteiger partial charge on any atom is -0.378 e. The summed E-state index contributed by atoms with van der Waals surface area (Å²) in [5, 5.41) is 16.4. The summed E-state index contributed by atoms with van der Waals surface area (Å²) < 4.78 is 5.96. The lowest BCUT2D eigenvalue weighted by Crippen LogP contribution is -2.47. The van der Waals surface area contributed by atoms with Gasteiger partial charge in [-0.1, -0.05) is 23.7 Å². The molecule has 0 bridgehead atoms. The van der Waals surface area contributed by atoms with E-state index in [4.69, 9.17) is 16.3 Å². The van der Waals surface area contributed by atoms with Crippen LogP contribution in [0.15, 0.2) is 36.4 Å². The molecule has 3 heterocycles. The molecule has 0 aliphatic carbocycles. The molecule has 28 heavy (non-hydrogen) atoms. The first-order chi connectivity index (χ1) is 13.6. The molecule has 0 amide bonds. The van der Waals surface area contributed by atoms with E-state index in [1.807, 2.05) is 37.3 Å². The largest absolute Gasteiger partial charge is 0.378 e. The van der Waals surface area contributed by atoms with Gasteiger partial charge >= 0.3 is 0 Å². The zero-order valence-electron chi connectivity index (χ0n) is 16.0. The molecule has 8 heteroatoms. The van der Waals surface area contributed by atoms with Gasteiger partial charge in [0, 0.05) is 31.6 Å². The van der Waals surface area contributed by atoms with E-state index < -0.39 is 0 Å². The number of aromatic amines is 1. The second-order valence-corrected chi connectivity index (χ2v) is 7.64. The van der Waals surface area contributed by atoms with E-state index in [1.165, 1.54) is 5.56 Å². The van der Waals surface area contributed by atoms with Crippen LogP contribution in [0.25, 0.3) is 11.5 Å². The number of hydrogen-bond acceptors (Lipinski definition) is 6. The SMILES string of the molecule is COC1(Cc2cccc(Cl)c2)CCN(c2ccc(-c3n[nH]c(C)n3)nn2)CC1. The maximum atomic E-state index is 6.14. The van der Waals surface area contributed by atoms with Gasteiger partial charge in [-0.25, -0.2) is 4.98 Å². The smallest absolute Gasteiger partial charge is 0.201 e. The normalized spacial score (nSPS) is 16.3. The lowest BCUT2D eigenvalue weighted by atomic mass is 9.85. The summed E-state index contributed by atoms with van der Waals surface area (Å²) in [7, 11) is 1.80. The van der Waals surface area contributed by atoms with E-state index in [0.717, 1.165) is 49.0 Å². The first-order valence-corrected chi connectivity index (χ1v) is 9.72. The Kier molecular flexibility index (Phi) is 5.28. The number of piperidine rings is 1. The van der Waals surface area contributed by atoms with Gasteiger partial charge in [-0.05, 0) is 49.6 Å². The number of halogens is 1. The average molecular weight is 399 g/mol. The fourth-order valence-electron chi connectivity index (χ4n) is 3.69.